The Balaban J connectivity index is 1.66. The summed E-state index contributed by atoms with van der Waals surface area (Å²) in [5, 5.41) is 0. The molecule has 0 atom stereocenters. The van der Waals surface area contributed by atoms with E-state index in [9.17, 15) is 34.6 Å². The van der Waals surface area contributed by atoms with Gasteiger partial charge in [0.05, 0.1) is 4.90 Å². The largest absolute Gasteiger partial charge is 0.573 e. The molecule has 3 saturated carbocycles. The van der Waals surface area contributed by atoms with Gasteiger partial charge in [-0.05, 0) is 85.1 Å². The molecule has 2 aromatic rings. The van der Waals surface area contributed by atoms with Gasteiger partial charge in [-0.25, -0.2) is 0 Å². The summed E-state index contributed by atoms with van der Waals surface area (Å²) in [5.41, 5.74) is 2.49. The topological polar surface area (TPSA) is 107 Å². The third-order valence-corrected chi connectivity index (χ3v) is 11.4. The summed E-state index contributed by atoms with van der Waals surface area (Å²) in [6.07, 6.45) is 9.41. The van der Waals surface area contributed by atoms with Crippen LogP contribution in [0.15, 0.2) is 40.1 Å². The van der Waals surface area contributed by atoms with Crippen LogP contribution in [0, 0.1) is 0 Å². The minimum atomic E-state index is -5.28. The Morgan fingerprint density at radius 3 is 1.56 bits per heavy atom. The molecule has 0 heterocycles. The van der Waals surface area contributed by atoms with Crippen molar-refractivity contribution in [2.24, 2.45) is 0 Å². The molecule has 3 fully saturated rings. The fourth-order valence-electron chi connectivity index (χ4n) is 7.17. The van der Waals surface area contributed by atoms with Crippen LogP contribution in [0.25, 0.3) is 0 Å². The van der Waals surface area contributed by atoms with Crippen molar-refractivity contribution in [2.45, 2.75) is 130 Å². The molecule has 0 radical (unpaired) electrons. The van der Waals surface area contributed by atoms with E-state index in [-0.39, 0.29) is 16.7 Å². The second-order valence-electron chi connectivity index (χ2n) is 12.2. The Morgan fingerprint density at radius 1 is 0.651 bits per heavy atom. The maximum absolute atomic E-state index is 14.3. The summed E-state index contributed by atoms with van der Waals surface area (Å²) < 4.78 is 111. The monoisotopic (exact) mass is 644 g/mol. The van der Waals surface area contributed by atoms with Crippen molar-refractivity contribution in [1.82, 2.24) is 0 Å². The molecule has 0 saturated heterocycles. The average Bonchev–Trinajstić information content (AvgIpc) is 2.97. The summed E-state index contributed by atoms with van der Waals surface area (Å²) in [4.78, 5) is -0.859. The lowest BCUT2D eigenvalue weighted by Gasteiger charge is -2.32. The van der Waals surface area contributed by atoms with Crippen molar-refractivity contribution in [2.75, 3.05) is 0 Å². The second kappa shape index (κ2) is 13.0. The highest BCUT2D eigenvalue weighted by Gasteiger charge is 2.37. The number of benzene rings is 2. The third kappa shape index (κ3) is 7.86. The van der Waals surface area contributed by atoms with Crippen LogP contribution in [0.1, 0.15) is 131 Å². The van der Waals surface area contributed by atoms with E-state index < -0.39 is 43.0 Å². The van der Waals surface area contributed by atoms with Crippen LogP contribution < -0.4 is 8.92 Å². The molecule has 12 heteroatoms. The van der Waals surface area contributed by atoms with E-state index in [1.54, 1.807) is 0 Å². The lowest BCUT2D eigenvalue weighted by atomic mass is 9.76. The number of ether oxygens (including phenoxy) is 1. The summed E-state index contributed by atoms with van der Waals surface area (Å²) in [6.45, 7) is 0. The first kappa shape index (κ1) is 32.1. The Bertz CT molecular complexity index is 1460. The van der Waals surface area contributed by atoms with Crippen LogP contribution >= 0.6 is 0 Å². The standard InChI is InChI=1S/C31H39F3O7S2/c32-31(33,34)40-29-20-25(42(35,36)37)16-17-28(29)41-43(38,39)30-26(22-12-6-2-7-13-22)18-24(21-10-4-1-5-11-21)19-27(30)23-14-8-3-9-15-23/h16-23H,1-15H2,(H,35,36,37). The first-order valence-electron chi connectivity index (χ1n) is 15.3. The minimum Gasteiger partial charge on any atom is -0.402 e. The lowest BCUT2D eigenvalue weighted by molar-refractivity contribution is -0.275. The summed E-state index contributed by atoms with van der Waals surface area (Å²) in [7, 11) is -9.61. The predicted molar refractivity (Wildman–Crippen MR) is 155 cm³/mol. The predicted octanol–water partition coefficient (Wildman–Crippen LogP) is 8.74. The molecule has 0 unspecified atom stereocenters. The van der Waals surface area contributed by atoms with Gasteiger partial charge in [-0.3, -0.25) is 4.55 Å². The van der Waals surface area contributed by atoms with Crippen molar-refractivity contribution < 1.29 is 43.5 Å². The van der Waals surface area contributed by atoms with Gasteiger partial charge < -0.3 is 8.92 Å². The molecule has 0 amide bonds. The molecule has 0 aliphatic heterocycles. The van der Waals surface area contributed by atoms with E-state index in [0.29, 0.717) is 23.1 Å². The van der Waals surface area contributed by atoms with E-state index in [2.05, 4.69) is 4.74 Å². The number of rotatable bonds is 8. The summed E-state index contributed by atoms with van der Waals surface area (Å²) in [6, 6.07) is 5.98. The van der Waals surface area contributed by atoms with Crippen LogP contribution in [0.4, 0.5) is 13.2 Å². The van der Waals surface area contributed by atoms with Gasteiger partial charge in [-0.2, -0.15) is 16.8 Å². The van der Waals surface area contributed by atoms with E-state index in [1.807, 2.05) is 12.1 Å². The zero-order chi connectivity index (χ0) is 30.8. The van der Waals surface area contributed by atoms with Gasteiger partial charge in [-0.15, -0.1) is 13.2 Å². The molecule has 43 heavy (non-hydrogen) atoms. The molecular weight excluding hydrogens is 605 g/mol. The van der Waals surface area contributed by atoms with Gasteiger partial charge in [0, 0.05) is 6.07 Å². The normalized spacial score (nSPS) is 20.2. The minimum absolute atomic E-state index is 0.0270. The highest BCUT2D eigenvalue weighted by Crippen LogP contribution is 2.47. The third-order valence-electron chi connectivity index (χ3n) is 9.22. The molecule has 0 bridgehead atoms. The SMILES string of the molecule is O=S(=O)(O)c1ccc(OS(=O)(=O)c2c(C3CCCCC3)cc(C3CCCCC3)cc2C2CCCCC2)c(OC(F)(F)F)c1. The molecule has 5 rings (SSSR count). The maximum Gasteiger partial charge on any atom is 0.573 e. The van der Waals surface area contributed by atoms with Gasteiger partial charge in [0.1, 0.15) is 4.90 Å². The maximum atomic E-state index is 14.3. The van der Waals surface area contributed by atoms with Gasteiger partial charge in [0.25, 0.3) is 10.1 Å². The number of hydrogen-bond donors (Lipinski definition) is 1. The zero-order valence-corrected chi connectivity index (χ0v) is 25.7. The fraction of sp³-hybridized carbons (Fsp3) is 0.613. The van der Waals surface area contributed by atoms with Gasteiger partial charge in [0.2, 0.25) is 0 Å². The van der Waals surface area contributed by atoms with E-state index >= 15 is 0 Å². The molecule has 238 valence electrons. The van der Waals surface area contributed by atoms with Crippen molar-refractivity contribution in [3.63, 3.8) is 0 Å². The lowest BCUT2D eigenvalue weighted by Crippen LogP contribution is -2.22. The van der Waals surface area contributed by atoms with Gasteiger partial charge in [-0.1, -0.05) is 69.9 Å². The molecule has 1 N–H and O–H groups in total. The van der Waals surface area contributed by atoms with Crippen molar-refractivity contribution in [1.29, 1.82) is 0 Å². The quantitative estimate of drug-likeness (QED) is 0.226. The number of hydrogen-bond acceptors (Lipinski definition) is 6. The Kier molecular flexibility index (Phi) is 9.68. The first-order chi connectivity index (χ1) is 20.3. The van der Waals surface area contributed by atoms with E-state index in [0.717, 1.165) is 108 Å². The van der Waals surface area contributed by atoms with Gasteiger partial charge in [0.15, 0.2) is 11.5 Å². The summed E-state index contributed by atoms with van der Waals surface area (Å²) >= 11 is 0. The summed E-state index contributed by atoms with van der Waals surface area (Å²) in [5.74, 6) is -1.72. The Hall–Kier alpha value is -2.31. The highest BCUT2D eigenvalue weighted by atomic mass is 32.2. The smallest absolute Gasteiger partial charge is 0.402 e. The molecule has 2 aromatic carbocycles. The highest BCUT2D eigenvalue weighted by molar-refractivity contribution is 7.87. The molecule has 3 aliphatic carbocycles. The number of halogens is 3. The van der Waals surface area contributed by atoms with E-state index in [1.165, 1.54) is 6.42 Å². The van der Waals surface area contributed by atoms with Gasteiger partial charge >= 0.3 is 16.5 Å². The molecular formula is C31H39F3O7S2. The number of alkyl halides is 3. The van der Waals surface area contributed by atoms with Crippen LogP contribution in [0.2, 0.25) is 0 Å². The molecule has 0 spiro atoms. The zero-order valence-electron chi connectivity index (χ0n) is 24.1. The Labute approximate surface area is 252 Å². The van der Waals surface area contributed by atoms with Crippen LogP contribution in [0.3, 0.4) is 0 Å². The fourth-order valence-corrected chi connectivity index (χ4v) is 9.16. The van der Waals surface area contributed by atoms with Crippen molar-refractivity contribution >= 4 is 20.2 Å². The molecule has 7 nitrogen and oxygen atoms in total. The molecule has 0 aromatic heterocycles. The first-order valence-corrected chi connectivity index (χ1v) is 18.2. The Morgan fingerprint density at radius 2 is 1.12 bits per heavy atom. The van der Waals surface area contributed by atoms with Crippen LogP contribution in [-0.2, 0) is 20.2 Å². The van der Waals surface area contributed by atoms with Crippen LogP contribution in [-0.4, -0.2) is 27.8 Å². The van der Waals surface area contributed by atoms with Crippen molar-refractivity contribution in [3.05, 3.63) is 47.0 Å². The second-order valence-corrected chi connectivity index (χ2v) is 15.1. The average molecular weight is 645 g/mol. The molecule has 3 aliphatic rings. The van der Waals surface area contributed by atoms with Crippen molar-refractivity contribution in [3.8, 4) is 11.5 Å². The van der Waals surface area contributed by atoms with Crippen LogP contribution in [0.5, 0.6) is 11.5 Å². The van der Waals surface area contributed by atoms with E-state index in [4.69, 9.17) is 4.18 Å².